The van der Waals surface area contributed by atoms with E-state index in [9.17, 15) is 4.79 Å². The van der Waals surface area contributed by atoms with Crippen molar-refractivity contribution in [1.82, 2.24) is 4.90 Å². The van der Waals surface area contributed by atoms with E-state index in [2.05, 4.69) is 6.92 Å². The standard InChI is InChI=1S/C13H26N2OS/c1-2-3-12(6-7-14)4-5-13(16)15-8-10-17-11-9-15/h12H,2-11,14H2,1H3. The highest BCUT2D eigenvalue weighted by Crippen LogP contribution is 2.18. The van der Waals surface area contributed by atoms with Crippen LogP contribution < -0.4 is 5.73 Å². The van der Waals surface area contributed by atoms with Crippen molar-refractivity contribution in [3.05, 3.63) is 0 Å². The average Bonchev–Trinajstić information content (AvgIpc) is 2.37. The van der Waals surface area contributed by atoms with Crippen molar-refractivity contribution in [3.63, 3.8) is 0 Å². The van der Waals surface area contributed by atoms with Gasteiger partial charge in [-0.2, -0.15) is 11.8 Å². The number of amides is 1. The van der Waals surface area contributed by atoms with Crippen molar-refractivity contribution in [3.8, 4) is 0 Å². The molecule has 0 aromatic rings. The van der Waals surface area contributed by atoms with Crippen LogP contribution in [0.3, 0.4) is 0 Å². The number of nitrogens with two attached hydrogens (primary N) is 1. The first-order valence-electron chi connectivity index (χ1n) is 6.83. The topological polar surface area (TPSA) is 46.3 Å². The summed E-state index contributed by atoms with van der Waals surface area (Å²) >= 11 is 1.95. The lowest BCUT2D eigenvalue weighted by Gasteiger charge is -2.27. The molecule has 2 N–H and O–H groups in total. The number of thioether (sulfide) groups is 1. The zero-order valence-electron chi connectivity index (χ0n) is 11.0. The van der Waals surface area contributed by atoms with E-state index in [0.717, 1.165) is 50.4 Å². The van der Waals surface area contributed by atoms with E-state index >= 15 is 0 Å². The lowest BCUT2D eigenvalue weighted by Crippen LogP contribution is -2.38. The van der Waals surface area contributed by atoms with Gasteiger partial charge in [-0.25, -0.2) is 0 Å². The minimum absolute atomic E-state index is 0.350. The molecule has 100 valence electrons. The molecule has 0 radical (unpaired) electrons. The highest BCUT2D eigenvalue weighted by molar-refractivity contribution is 7.99. The first kappa shape index (κ1) is 14.8. The largest absolute Gasteiger partial charge is 0.341 e. The van der Waals surface area contributed by atoms with Crippen molar-refractivity contribution in [2.45, 2.75) is 39.0 Å². The summed E-state index contributed by atoms with van der Waals surface area (Å²) in [5.74, 6) is 3.20. The molecule has 1 aliphatic heterocycles. The lowest BCUT2D eigenvalue weighted by atomic mass is 9.94. The summed E-state index contributed by atoms with van der Waals surface area (Å²) in [5.41, 5.74) is 5.61. The van der Waals surface area contributed by atoms with Crippen LogP contribution in [-0.4, -0.2) is 41.9 Å². The number of hydrogen-bond acceptors (Lipinski definition) is 3. The van der Waals surface area contributed by atoms with Gasteiger partial charge in [-0.1, -0.05) is 19.8 Å². The number of hydrogen-bond donors (Lipinski definition) is 1. The fourth-order valence-corrected chi connectivity index (χ4v) is 3.28. The second kappa shape index (κ2) is 8.81. The summed E-state index contributed by atoms with van der Waals surface area (Å²) in [7, 11) is 0. The van der Waals surface area contributed by atoms with Crippen LogP contribution >= 0.6 is 11.8 Å². The van der Waals surface area contributed by atoms with Gasteiger partial charge in [-0.15, -0.1) is 0 Å². The van der Waals surface area contributed by atoms with E-state index in [1.807, 2.05) is 16.7 Å². The van der Waals surface area contributed by atoms with Crippen LogP contribution in [0.25, 0.3) is 0 Å². The first-order valence-corrected chi connectivity index (χ1v) is 7.99. The Bertz CT molecular complexity index is 211. The van der Waals surface area contributed by atoms with Gasteiger partial charge >= 0.3 is 0 Å². The molecule has 1 amide bonds. The molecule has 0 spiro atoms. The smallest absolute Gasteiger partial charge is 0.222 e. The summed E-state index contributed by atoms with van der Waals surface area (Å²) in [4.78, 5) is 14.0. The molecule has 1 rings (SSSR count). The Labute approximate surface area is 109 Å². The molecule has 3 nitrogen and oxygen atoms in total. The maximum absolute atomic E-state index is 12.0. The zero-order valence-corrected chi connectivity index (χ0v) is 11.8. The zero-order chi connectivity index (χ0) is 12.5. The van der Waals surface area contributed by atoms with Gasteiger partial charge in [-0.05, 0) is 25.3 Å². The summed E-state index contributed by atoms with van der Waals surface area (Å²) in [6.07, 6.45) is 5.21. The van der Waals surface area contributed by atoms with E-state index in [-0.39, 0.29) is 0 Å². The van der Waals surface area contributed by atoms with Crippen LogP contribution in [0.1, 0.15) is 39.0 Å². The second-order valence-electron chi connectivity index (χ2n) is 4.76. The Morgan fingerprint density at radius 2 is 2.00 bits per heavy atom. The molecular formula is C13H26N2OS. The number of carbonyl (C=O) groups is 1. The SMILES string of the molecule is CCCC(CCN)CCC(=O)N1CCSCC1. The van der Waals surface area contributed by atoms with Gasteiger partial charge < -0.3 is 10.6 Å². The van der Waals surface area contributed by atoms with Crippen LogP contribution in [0.2, 0.25) is 0 Å². The number of carbonyl (C=O) groups excluding carboxylic acids is 1. The van der Waals surface area contributed by atoms with Crippen molar-refractivity contribution in [1.29, 1.82) is 0 Å². The van der Waals surface area contributed by atoms with E-state index < -0.39 is 0 Å². The lowest BCUT2D eigenvalue weighted by molar-refractivity contribution is -0.131. The Morgan fingerprint density at radius 3 is 2.59 bits per heavy atom. The first-order chi connectivity index (χ1) is 8.27. The third-order valence-electron chi connectivity index (χ3n) is 3.40. The maximum atomic E-state index is 12.0. The highest BCUT2D eigenvalue weighted by atomic mass is 32.2. The molecule has 1 heterocycles. The highest BCUT2D eigenvalue weighted by Gasteiger charge is 2.17. The van der Waals surface area contributed by atoms with Gasteiger partial charge in [0.2, 0.25) is 5.91 Å². The van der Waals surface area contributed by atoms with Crippen molar-refractivity contribution in [2.24, 2.45) is 11.7 Å². The molecule has 1 saturated heterocycles. The molecule has 0 aromatic heterocycles. The summed E-state index contributed by atoms with van der Waals surface area (Å²) in [6, 6.07) is 0. The van der Waals surface area contributed by atoms with E-state index in [1.165, 1.54) is 12.8 Å². The Hall–Kier alpha value is -0.220. The van der Waals surface area contributed by atoms with Crippen LogP contribution in [0.15, 0.2) is 0 Å². The van der Waals surface area contributed by atoms with E-state index in [1.54, 1.807) is 0 Å². The minimum atomic E-state index is 0.350. The molecule has 0 aromatic carbocycles. The Kier molecular flexibility index (Phi) is 7.69. The van der Waals surface area contributed by atoms with Gasteiger partial charge in [0.15, 0.2) is 0 Å². The normalized spacial score (nSPS) is 18.1. The van der Waals surface area contributed by atoms with Crippen LogP contribution in [0, 0.1) is 5.92 Å². The monoisotopic (exact) mass is 258 g/mol. The molecule has 0 saturated carbocycles. The van der Waals surface area contributed by atoms with Crippen LogP contribution in [0.5, 0.6) is 0 Å². The van der Waals surface area contributed by atoms with Crippen molar-refractivity contribution < 1.29 is 4.79 Å². The minimum Gasteiger partial charge on any atom is -0.341 e. The van der Waals surface area contributed by atoms with Crippen LogP contribution in [0.4, 0.5) is 0 Å². The Morgan fingerprint density at radius 1 is 1.29 bits per heavy atom. The summed E-state index contributed by atoms with van der Waals surface area (Å²) in [5, 5.41) is 0. The van der Waals surface area contributed by atoms with Gasteiger partial charge in [-0.3, -0.25) is 4.79 Å². The van der Waals surface area contributed by atoms with Gasteiger partial charge in [0, 0.05) is 31.0 Å². The fourth-order valence-electron chi connectivity index (χ4n) is 2.38. The Balaban J connectivity index is 2.24. The molecule has 1 aliphatic rings. The average molecular weight is 258 g/mol. The van der Waals surface area contributed by atoms with Gasteiger partial charge in [0.1, 0.15) is 0 Å². The van der Waals surface area contributed by atoms with Crippen LogP contribution in [-0.2, 0) is 4.79 Å². The van der Waals surface area contributed by atoms with Crippen molar-refractivity contribution in [2.75, 3.05) is 31.1 Å². The number of rotatable bonds is 7. The molecule has 0 aliphatic carbocycles. The van der Waals surface area contributed by atoms with Gasteiger partial charge in [0.05, 0.1) is 0 Å². The summed E-state index contributed by atoms with van der Waals surface area (Å²) < 4.78 is 0. The predicted octanol–water partition coefficient (Wildman–Crippen LogP) is 2.11. The van der Waals surface area contributed by atoms with Crippen molar-refractivity contribution >= 4 is 17.7 Å². The maximum Gasteiger partial charge on any atom is 0.222 e. The third-order valence-corrected chi connectivity index (χ3v) is 4.34. The third kappa shape index (κ3) is 5.77. The fraction of sp³-hybridized carbons (Fsp3) is 0.923. The molecule has 1 atom stereocenters. The molecule has 1 fully saturated rings. The van der Waals surface area contributed by atoms with Gasteiger partial charge in [0.25, 0.3) is 0 Å². The quantitative estimate of drug-likeness (QED) is 0.761. The molecule has 0 bridgehead atoms. The van der Waals surface area contributed by atoms with E-state index in [0.29, 0.717) is 11.8 Å². The molecule has 1 unspecified atom stereocenters. The summed E-state index contributed by atoms with van der Waals surface area (Å²) in [6.45, 7) is 4.84. The molecule has 17 heavy (non-hydrogen) atoms. The van der Waals surface area contributed by atoms with E-state index in [4.69, 9.17) is 5.73 Å². The molecular weight excluding hydrogens is 232 g/mol. The molecule has 4 heteroatoms. The number of nitrogens with zero attached hydrogens (tertiary/aromatic N) is 1. The predicted molar refractivity (Wildman–Crippen MR) is 75.2 cm³/mol. The second-order valence-corrected chi connectivity index (χ2v) is 5.99.